The minimum absolute atomic E-state index is 0.0139. The van der Waals surface area contributed by atoms with E-state index in [2.05, 4.69) is 0 Å². The standard InChI is InChI=1S/C12H17ClN2O2S/c1-17-9-2-4-15(8(6-9)7-14)12(16)11-10(13)3-5-18-11/h3,5,8-9H,2,4,6-7,14H2,1H3. The Labute approximate surface area is 116 Å². The van der Waals surface area contributed by atoms with E-state index >= 15 is 0 Å². The largest absolute Gasteiger partial charge is 0.381 e. The molecule has 1 saturated heterocycles. The van der Waals surface area contributed by atoms with E-state index in [1.165, 1.54) is 11.3 Å². The summed E-state index contributed by atoms with van der Waals surface area (Å²) in [5, 5.41) is 2.35. The highest BCUT2D eigenvalue weighted by Gasteiger charge is 2.32. The molecule has 1 aliphatic rings. The summed E-state index contributed by atoms with van der Waals surface area (Å²) in [7, 11) is 1.70. The van der Waals surface area contributed by atoms with Gasteiger partial charge in [0.15, 0.2) is 0 Å². The number of carbonyl (C=O) groups is 1. The Morgan fingerprint density at radius 3 is 3.06 bits per heavy atom. The zero-order chi connectivity index (χ0) is 13.1. The van der Waals surface area contributed by atoms with Crippen molar-refractivity contribution in [1.82, 2.24) is 4.90 Å². The number of piperidine rings is 1. The fraction of sp³-hybridized carbons (Fsp3) is 0.583. The van der Waals surface area contributed by atoms with Crippen molar-refractivity contribution in [2.45, 2.75) is 25.0 Å². The van der Waals surface area contributed by atoms with Gasteiger partial charge < -0.3 is 15.4 Å². The SMILES string of the molecule is COC1CCN(C(=O)c2sccc2Cl)C(CN)C1. The van der Waals surface area contributed by atoms with Gasteiger partial charge in [-0.1, -0.05) is 11.6 Å². The summed E-state index contributed by atoms with van der Waals surface area (Å²) < 4.78 is 5.35. The van der Waals surface area contributed by atoms with Gasteiger partial charge in [0.1, 0.15) is 4.88 Å². The van der Waals surface area contributed by atoms with Crippen molar-refractivity contribution >= 4 is 28.8 Å². The number of carbonyl (C=O) groups excluding carboxylic acids is 1. The monoisotopic (exact) mass is 288 g/mol. The summed E-state index contributed by atoms with van der Waals surface area (Å²) in [6.07, 6.45) is 1.84. The summed E-state index contributed by atoms with van der Waals surface area (Å²) >= 11 is 7.38. The fourth-order valence-corrected chi connectivity index (χ4v) is 3.39. The van der Waals surface area contributed by atoms with Crippen LogP contribution in [0, 0.1) is 0 Å². The van der Waals surface area contributed by atoms with Gasteiger partial charge in [-0.3, -0.25) is 4.79 Å². The molecule has 1 fully saturated rings. The number of likely N-dealkylation sites (tertiary alicyclic amines) is 1. The molecule has 2 rings (SSSR count). The van der Waals surface area contributed by atoms with Crippen LogP contribution in [0.5, 0.6) is 0 Å². The lowest BCUT2D eigenvalue weighted by molar-refractivity contribution is 0.0141. The van der Waals surface area contributed by atoms with Gasteiger partial charge in [0, 0.05) is 26.2 Å². The highest BCUT2D eigenvalue weighted by molar-refractivity contribution is 7.12. The molecule has 0 radical (unpaired) electrons. The van der Waals surface area contributed by atoms with Gasteiger partial charge in [-0.2, -0.15) is 0 Å². The third-order valence-electron chi connectivity index (χ3n) is 3.35. The molecular weight excluding hydrogens is 272 g/mol. The lowest BCUT2D eigenvalue weighted by Gasteiger charge is -2.38. The van der Waals surface area contributed by atoms with Gasteiger partial charge in [0.05, 0.1) is 11.1 Å². The minimum Gasteiger partial charge on any atom is -0.381 e. The van der Waals surface area contributed by atoms with Gasteiger partial charge in [0.25, 0.3) is 5.91 Å². The number of thiophene rings is 1. The lowest BCUT2D eigenvalue weighted by atomic mass is 9.99. The Morgan fingerprint density at radius 2 is 2.50 bits per heavy atom. The molecule has 0 spiro atoms. The number of hydrogen-bond donors (Lipinski definition) is 1. The van der Waals surface area contributed by atoms with Gasteiger partial charge in [-0.15, -0.1) is 11.3 Å². The maximum absolute atomic E-state index is 12.4. The van der Waals surface area contributed by atoms with Crippen molar-refractivity contribution in [2.24, 2.45) is 5.73 Å². The lowest BCUT2D eigenvalue weighted by Crippen LogP contribution is -2.51. The first-order chi connectivity index (χ1) is 8.67. The molecule has 1 aliphatic heterocycles. The summed E-state index contributed by atoms with van der Waals surface area (Å²) in [6.45, 7) is 1.13. The summed E-state index contributed by atoms with van der Waals surface area (Å²) in [6, 6.07) is 1.79. The van der Waals surface area contributed by atoms with E-state index in [9.17, 15) is 4.79 Å². The van der Waals surface area contributed by atoms with Crippen molar-refractivity contribution in [3.8, 4) is 0 Å². The average Bonchev–Trinajstić information content (AvgIpc) is 2.83. The molecule has 0 saturated carbocycles. The van der Waals surface area contributed by atoms with Crippen LogP contribution in [-0.2, 0) is 4.74 Å². The van der Waals surface area contributed by atoms with Crippen LogP contribution in [-0.4, -0.2) is 43.2 Å². The zero-order valence-corrected chi connectivity index (χ0v) is 11.8. The molecule has 0 aliphatic carbocycles. The molecule has 1 amide bonds. The maximum atomic E-state index is 12.4. The predicted molar refractivity (Wildman–Crippen MR) is 73.2 cm³/mol. The van der Waals surface area contributed by atoms with Crippen molar-refractivity contribution in [2.75, 3.05) is 20.2 Å². The molecular formula is C12H17ClN2O2S. The van der Waals surface area contributed by atoms with E-state index in [1.807, 2.05) is 10.3 Å². The van der Waals surface area contributed by atoms with E-state index < -0.39 is 0 Å². The highest BCUT2D eigenvalue weighted by atomic mass is 35.5. The highest BCUT2D eigenvalue weighted by Crippen LogP contribution is 2.27. The van der Waals surface area contributed by atoms with Gasteiger partial charge in [-0.25, -0.2) is 0 Å². The number of halogens is 1. The smallest absolute Gasteiger partial charge is 0.265 e. The molecule has 1 aromatic heterocycles. The molecule has 2 heterocycles. The van der Waals surface area contributed by atoms with Gasteiger partial charge in [-0.05, 0) is 24.3 Å². The summed E-state index contributed by atoms with van der Waals surface area (Å²) in [5.41, 5.74) is 5.76. The molecule has 1 aromatic rings. The van der Waals surface area contributed by atoms with Crippen LogP contribution in [0.15, 0.2) is 11.4 Å². The molecule has 0 bridgehead atoms. The number of methoxy groups -OCH3 is 1. The van der Waals surface area contributed by atoms with E-state index in [4.69, 9.17) is 22.1 Å². The van der Waals surface area contributed by atoms with Crippen LogP contribution in [0.1, 0.15) is 22.5 Å². The quantitative estimate of drug-likeness (QED) is 0.925. The second kappa shape index (κ2) is 6.02. The molecule has 2 unspecified atom stereocenters. The van der Waals surface area contributed by atoms with Crippen molar-refractivity contribution in [1.29, 1.82) is 0 Å². The topological polar surface area (TPSA) is 55.6 Å². The number of rotatable bonds is 3. The molecule has 18 heavy (non-hydrogen) atoms. The van der Waals surface area contributed by atoms with Crippen LogP contribution in [0.3, 0.4) is 0 Å². The Morgan fingerprint density at radius 1 is 1.72 bits per heavy atom. The van der Waals surface area contributed by atoms with E-state index in [-0.39, 0.29) is 18.1 Å². The van der Waals surface area contributed by atoms with Crippen molar-refractivity contribution in [3.05, 3.63) is 21.3 Å². The summed E-state index contributed by atoms with van der Waals surface area (Å²) in [5.74, 6) is -0.0139. The third-order valence-corrected chi connectivity index (χ3v) is 4.67. The van der Waals surface area contributed by atoms with Crippen LogP contribution >= 0.6 is 22.9 Å². The molecule has 2 atom stereocenters. The molecule has 100 valence electrons. The van der Waals surface area contributed by atoms with Crippen LogP contribution in [0.4, 0.5) is 0 Å². The second-order valence-electron chi connectivity index (χ2n) is 4.37. The van der Waals surface area contributed by atoms with Crippen LogP contribution in [0.25, 0.3) is 0 Å². The number of ether oxygens (including phenoxy) is 1. The Bertz CT molecular complexity index is 424. The number of nitrogens with zero attached hydrogens (tertiary/aromatic N) is 1. The molecule has 0 aromatic carbocycles. The molecule has 4 nitrogen and oxygen atoms in total. The van der Waals surface area contributed by atoms with E-state index in [0.29, 0.717) is 23.0 Å². The van der Waals surface area contributed by atoms with E-state index in [1.54, 1.807) is 13.2 Å². The first-order valence-electron chi connectivity index (χ1n) is 5.94. The summed E-state index contributed by atoms with van der Waals surface area (Å²) in [4.78, 5) is 14.8. The number of nitrogens with two attached hydrogens (primary N) is 1. The number of amides is 1. The third kappa shape index (κ3) is 2.69. The van der Waals surface area contributed by atoms with Crippen molar-refractivity contribution < 1.29 is 9.53 Å². The van der Waals surface area contributed by atoms with Crippen molar-refractivity contribution in [3.63, 3.8) is 0 Å². The van der Waals surface area contributed by atoms with E-state index in [0.717, 1.165) is 12.8 Å². The fourth-order valence-electron chi connectivity index (χ4n) is 2.30. The maximum Gasteiger partial charge on any atom is 0.265 e. The average molecular weight is 289 g/mol. The normalized spacial score (nSPS) is 24.3. The molecule has 6 heteroatoms. The Hall–Kier alpha value is -0.620. The zero-order valence-electron chi connectivity index (χ0n) is 10.3. The first kappa shape index (κ1) is 13.8. The Balaban J connectivity index is 2.13. The van der Waals surface area contributed by atoms with Crippen LogP contribution in [0.2, 0.25) is 5.02 Å². The Kier molecular flexibility index (Phi) is 4.61. The van der Waals surface area contributed by atoms with Gasteiger partial charge >= 0.3 is 0 Å². The molecule has 2 N–H and O–H groups in total. The first-order valence-corrected chi connectivity index (χ1v) is 7.20. The second-order valence-corrected chi connectivity index (χ2v) is 5.69. The van der Waals surface area contributed by atoms with Gasteiger partial charge in [0.2, 0.25) is 0 Å². The number of hydrogen-bond acceptors (Lipinski definition) is 4. The van der Waals surface area contributed by atoms with Crippen LogP contribution < -0.4 is 5.73 Å². The minimum atomic E-state index is -0.0139. The predicted octanol–water partition coefficient (Wildman–Crippen LogP) is 1.98.